The van der Waals surface area contributed by atoms with Crippen molar-refractivity contribution in [1.82, 2.24) is 15.5 Å². The lowest BCUT2D eigenvalue weighted by Crippen LogP contribution is -2.45. The summed E-state index contributed by atoms with van der Waals surface area (Å²) in [5.41, 5.74) is 0. The molecular formula is C14H28F3IN4. The molecule has 1 aliphatic heterocycles. The van der Waals surface area contributed by atoms with Gasteiger partial charge in [0.25, 0.3) is 0 Å². The third kappa shape index (κ3) is 9.70. The second-order valence-corrected chi connectivity index (χ2v) is 5.43. The Morgan fingerprint density at radius 1 is 1.27 bits per heavy atom. The summed E-state index contributed by atoms with van der Waals surface area (Å²) in [4.78, 5) is 6.37. The van der Waals surface area contributed by atoms with Gasteiger partial charge in [-0.25, -0.2) is 0 Å². The standard InChI is InChI=1S/C14H27F3N4.HI/c1-3-18-13(19-8-7-14(15,16)17)20-9-11-21-10-5-4-6-12(21)2;/h12H,3-11H2,1-2H3,(H2,18,19,20);1H. The number of likely N-dealkylation sites (tertiary alicyclic amines) is 1. The van der Waals surface area contributed by atoms with Crippen LogP contribution in [0.2, 0.25) is 0 Å². The van der Waals surface area contributed by atoms with Crippen LogP contribution in [0.4, 0.5) is 13.2 Å². The minimum atomic E-state index is -4.15. The first-order valence-corrected chi connectivity index (χ1v) is 7.75. The van der Waals surface area contributed by atoms with Crippen LogP contribution in [0.15, 0.2) is 4.99 Å². The fraction of sp³-hybridized carbons (Fsp3) is 0.929. The van der Waals surface area contributed by atoms with E-state index in [0.717, 1.165) is 13.1 Å². The molecule has 1 unspecified atom stereocenters. The van der Waals surface area contributed by atoms with Gasteiger partial charge in [-0.1, -0.05) is 6.42 Å². The van der Waals surface area contributed by atoms with Crippen LogP contribution < -0.4 is 10.6 Å². The molecule has 1 saturated heterocycles. The van der Waals surface area contributed by atoms with Crippen molar-refractivity contribution < 1.29 is 13.2 Å². The van der Waals surface area contributed by atoms with Crippen LogP contribution in [0, 0.1) is 0 Å². The summed E-state index contributed by atoms with van der Waals surface area (Å²) in [5.74, 6) is 0.464. The van der Waals surface area contributed by atoms with Crippen molar-refractivity contribution in [2.45, 2.75) is 51.7 Å². The average Bonchev–Trinajstić information content (AvgIpc) is 2.39. The maximum Gasteiger partial charge on any atom is 0.390 e. The van der Waals surface area contributed by atoms with E-state index in [1.54, 1.807) is 0 Å². The van der Waals surface area contributed by atoms with Gasteiger partial charge in [-0.2, -0.15) is 13.2 Å². The molecule has 0 aromatic heterocycles. The predicted molar refractivity (Wildman–Crippen MR) is 95.0 cm³/mol. The number of hydrogen-bond donors (Lipinski definition) is 2. The van der Waals surface area contributed by atoms with Crippen LogP contribution in [0.5, 0.6) is 0 Å². The third-order valence-electron chi connectivity index (χ3n) is 3.64. The van der Waals surface area contributed by atoms with Crippen molar-refractivity contribution in [3.63, 3.8) is 0 Å². The predicted octanol–water partition coefficient (Wildman–Crippen LogP) is 2.99. The van der Waals surface area contributed by atoms with Crippen LogP contribution in [0.25, 0.3) is 0 Å². The van der Waals surface area contributed by atoms with E-state index in [2.05, 4.69) is 27.4 Å². The number of nitrogens with one attached hydrogen (secondary N) is 2. The van der Waals surface area contributed by atoms with E-state index in [9.17, 15) is 13.2 Å². The van der Waals surface area contributed by atoms with Gasteiger partial charge in [0.15, 0.2) is 5.96 Å². The Labute approximate surface area is 148 Å². The smallest absolute Gasteiger partial charge is 0.357 e. The number of hydrogen-bond acceptors (Lipinski definition) is 2. The molecule has 0 saturated carbocycles. The van der Waals surface area contributed by atoms with E-state index >= 15 is 0 Å². The monoisotopic (exact) mass is 436 g/mol. The van der Waals surface area contributed by atoms with Crippen molar-refractivity contribution in [3.8, 4) is 0 Å². The van der Waals surface area contributed by atoms with Crippen molar-refractivity contribution in [2.24, 2.45) is 4.99 Å². The van der Waals surface area contributed by atoms with Gasteiger partial charge >= 0.3 is 6.18 Å². The molecule has 0 aromatic carbocycles. The molecule has 2 N–H and O–H groups in total. The average molecular weight is 436 g/mol. The minimum absolute atomic E-state index is 0. The first-order chi connectivity index (χ1) is 9.92. The molecule has 132 valence electrons. The number of piperidine rings is 1. The zero-order chi connectivity index (χ0) is 15.7. The lowest BCUT2D eigenvalue weighted by Gasteiger charge is -2.33. The number of nitrogens with zero attached hydrogens (tertiary/aromatic N) is 2. The molecule has 1 heterocycles. The number of alkyl halides is 3. The van der Waals surface area contributed by atoms with Crippen molar-refractivity contribution in [1.29, 1.82) is 0 Å². The molecule has 1 aliphatic rings. The van der Waals surface area contributed by atoms with Crippen LogP contribution in [0.3, 0.4) is 0 Å². The molecule has 0 aromatic rings. The Hall–Kier alpha value is -0.250. The zero-order valence-electron chi connectivity index (χ0n) is 13.4. The maximum atomic E-state index is 12.1. The molecule has 1 fully saturated rings. The van der Waals surface area contributed by atoms with Gasteiger partial charge in [0.05, 0.1) is 13.0 Å². The molecule has 0 amide bonds. The molecule has 0 spiro atoms. The van der Waals surface area contributed by atoms with Crippen LogP contribution in [-0.4, -0.2) is 55.8 Å². The number of guanidine groups is 1. The quantitative estimate of drug-likeness (QED) is 0.382. The summed E-state index contributed by atoms with van der Waals surface area (Å²) in [6.07, 6.45) is -1.30. The normalized spacial score (nSPS) is 20.4. The summed E-state index contributed by atoms with van der Waals surface area (Å²) in [6.45, 7) is 7.21. The lowest BCUT2D eigenvalue weighted by atomic mass is 10.0. The highest BCUT2D eigenvalue weighted by molar-refractivity contribution is 14.0. The lowest BCUT2D eigenvalue weighted by molar-refractivity contribution is -0.132. The molecule has 0 radical (unpaired) electrons. The minimum Gasteiger partial charge on any atom is -0.357 e. The molecule has 1 rings (SSSR count). The first kappa shape index (κ1) is 21.8. The highest BCUT2D eigenvalue weighted by Gasteiger charge is 2.26. The first-order valence-electron chi connectivity index (χ1n) is 7.75. The van der Waals surface area contributed by atoms with Crippen molar-refractivity contribution in [3.05, 3.63) is 0 Å². The van der Waals surface area contributed by atoms with Crippen LogP contribution in [-0.2, 0) is 0 Å². The summed E-state index contributed by atoms with van der Waals surface area (Å²) in [7, 11) is 0. The van der Waals surface area contributed by atoms with Gasteiger partial charge in [0.2, 0.25) is 0 Å². The fourth-order valence-electron chi connectivity index (χ4n) is 2.44. The van der Waals surface area contributed by atoms with Gasteiger partial charge in [-0.3, -0.25) is 9.89 Å². The van der Waals surface area contributed by atoms with E-state index in [0.29, 0.717) is 25.1 Å². The molecular weight excluding hydrogens is 408 g/mol. The van der Waals surface area contributed by atoms with Crippen LogP contribution in [0.1, 0.15) is 39.5 Å². The van der Waals surface area contributed by atoms with Gasteiger partial charge < -0.3 is 10.6 Å². The number of halogens is 4. The van der Waals surface area contributed by atoms with E-state index in [1.165, 1.54) is 19.3 Å². The SMILES string of the molecule is CCNC(=NCCC(F)(F)F)NCCN1CCCCC1C.I. The fourth-order valence-corrected chi connectivity index (χ4v) is 2.44. The van der Waals surface area contributed by atoms with Gasteiger partial charge in [0.1, 0.15) is 0 Å². The molecule has 4 nitrogen and oxygen atoms in total. The molecule has 0 bridgehead atoms. The third-order valence-corrected chi connectivity index (χ3v) is 3.64. The second kappa shape index (κ2) is 11.3. The summed E-state index contributed by atoms with van der Waals surface area (Å²) < 4.78 is 36.3. The largest absolute Gasteiger partial charge is 0.390 e. The zero-order valence-corrected chi connectivity index (χ0v) is 15.7. The van der Waals surface area contributed by atoms with E-state index in [-0.39, 0.29) is 30.5 Å². The Bertz CT molecular complexity index is 324. The second-order valence-electron chi connectivity index (χ2n) is 5.43. The van der Waals surface area contributed by atoms with Crippen LogP contribution >= 0.6 is 24.0 Å². The van der Waals surface area contributed by atoms with E-state index < -0.39 is 12.6 Å². The molecule has 1 atom stereocenters. The number of rotatable bonds is 6. The highest BCUT2D eigenvalue weighted by Crippen LogP contribution is 2.18. The highest BCUT2D eigenvalue weighted by atomic mass is 127. The number of aliphatic imine (C=N–C) groups is 1. The van der Waals surface area contributed by atoms with E-state index in [4.69, 9.17) is 0 Å². The molecule has 8 heteroatoms. The Morgan fingerprint density at radius 3 is 2.59 bits per heavy atom. The van der Waals surface area contributed by atoms with E-state index in [1.807, 2.05) is 6.92 Å². The topological polar surface area (TPSA) is 39.7 Å². The Balaban J connectivity index is 0.00000441. The summed E-state index contributed by atoms with van der Waals surface area (Å²) >= 11 is 0. The summed E-state index contributed by atoms with van der Waals surface area (Å²) in [5, 5.41) is 6.08. The molecule has 0 aliphatic carbocycles. The summed E-state index contributed by atoms with van der Waals surface area (Å²) in [6, 6.07) is 0.588. The Morgan fingerprint density at radius 2 is 2.00 bits per heavy atom. The molecule has 22 heavy (non-hydrogen) atoms. The maximum absolute atomic E-state index is 12.1. The van der Waals surface area contributed by atoms with Crippen molar-refractivity contribution in [2.75, 3.05) is 32.7 Å². The Kier molecular flexibility index (Phi) is 11.2. The van der Waals surface area contributed by atoms with Gasteiger partial charge in [-0.15, -0.1) is 24.0 Å². The van der Waals surface area contributed by atoms with Gasteiger partial charge in [0, 0.05) is 25.7 Å². The van der Waals surface area contributed by atoms with Gasteiger partial charge in [-0.05, 0) is 33.2 Å². The van der Waals surface area contributed by atoms with Crippen molar-refractivity contribution >= 4 is 29.9 Å².